The van der Waals surface area contributed by atoms with Gasteiger partial charge in [0.2, 0.25) is 0 Å². The number of unbranched alkanes of at least 4 members (excludes halogenated alkanes) is 2. The number of aliphatic hydroxyl groups is 1. The summed E-state index contributed by atoms with van der Waals surface area (Å²) in [5.74, 6) is 6.45. The molecule has 0 spiro atoms. The van der Waals surface area contributed by atoms with E-state index >= 15 is 0 Å². The Balaban J connectivity index is 2.47. The second-order valence-corrected chi connectivity index (χ2v) is 6.94. The maximum Gasteiger partial charge on any atom is 0.250 e. The van der Waals surface area contributed by atoms with E-state index in [0.29, 0.717) is 22.6 Å². The Morgan fingerprint density at radius 3 is 2.71 bits per heavy atom. The first-order valence-electron chi connectivity index (χ1n) is 8.39. The van der Waals surface area contributed by atoms with Gasteiger partial charge < -0.3 is 15.1 Å². The van der Waals surface area contributed by atoms with Crippen molar-refractivity contribution in [2.45, 2.75) is 51.5 Å². The van der Waals surface area contributed by atoms with Crippen molar-refractivity contribution >= 4 is 28.2 Å². The molecule has 1 aromatic heterocycles. The van der Waals surface area contributed by atoms with Crippen LogP contribution >= 0.6 is 11.6 Å². The highest BCUT2D eigenvalue weighted by Gasteiger charge is 2.30. The molecule has 6 heteroatoms. The van der Waals surface area contributed by atoms with E-state index < -0.39 is 5.54 Å². The van der Waals surface area contributed by atoms with Gasteiger partial charge in [0.05, 0.1) is 16.7 Å². The summed E-state index contributed by atoms with van der Waals surface area (Å²) >= 11 is 6.03. The number of aliphatic hydroxyl groups excluding tert-OH is 1. The van der Waals surface area contributed by atoms with Crippen molar-refractivity contribution in [3.8, 4) is 0 Å². The minimum Gasteiger partial charge on any atom is -0.396 e. The Morgan fingerprint density at radius 1 is 1.29 bits per heavy atom. The molecule has 1 atom stereocenters. The first kappa shape index (κ1) is 18.8. The number of pyridine rings is 1. The third-order valence-corrected chi connectivity index (χ3v) is 4.83. The van der Waals surface area contributed by atoms with E-state index in [0.717, 1.165) is 31.1 Å². The second-order valence-electron chi connectivity index (χ2n) is 6.51. The molecule has 0 saturated heterocycles. The Bertz CT molecular complexity index is 747. The molecule has 0 saturated carbocycles. The molecule has 4 N–H and O–H groups in total. The van der Waals surface area contributed by atoms with Gasteiger partial charge in [0.25, 0.3) is 5.56 Å². The number of hydrogen-bond donors (Lipinski definition) is 3. The number of fused-ring (bicyclic) bond motifs is 1. The van der Waals surface area contributed by atoms with Gasteiger partial charge in [-0.1, -0.05) is 37.8 Å². The average Bonchev–Trinajstić information content (AvgIpc) is 2.53. The van der Waals surface area contributed by atoms with Crippen LogP contribution < -0.4 is 16.4 Å². The maximum absolute atomic E-state index is 12.0. The predicted molar refractivity (Wildman–Crippen MR) is 100 cm³/mol. The standard InChI is InChI=1S/C18H26ClN3O2/c1-3-4-5-8-18(2,9-10-23)22(20)16-12-17(24)21-15-11-13(19)6-7-14(15)16/h6-7,11-12,23H,3-5,8-10,20H2,1-2H3,(H,21,24). The van der Waals surface area contributed by atoms with Crippen LogP contribution in [0, 0.1) is 0 Å². The van der Waals surface area contributed by atoms with Gasteiger partial charge in [0, 0.05) is 23.1 Å². The summed E-state index contributed by atoms with van der Waals surface area (Å²) in [6.07, 6.45) is 4.63. The molecule has 5 nitrogen and oxygen atoms in total. The van der Waals surface area contributed by atoms with E-state index in [1.165, 1.54) is 6.07 Å². The van der Waals surface area contributed by atoms with Gasteiger partial charge in [-0.2, -0.15) is 0 Å². The summed E-state index contributed by atoms with van der Waals surface area (Å²) in [5.41, 5.74) is 0.651. The number of nitrogens with one attached hydrogen (secondary N) is 1. The van der Waals surface area contributed by atoms with Crippen molar-refractivity contribution in [1.29, 1.82) is 0 Å². The van der Waals surface area contributed by atoms with Gasteiger partial charge in [0.15, 0.2) is 0 Å². The van der Waals surface area contributed by atoms with Crippen molar-refractivity contribution in [1.82, 2.24) is 4.98 Å². The number of aromatic nitrogens is 1. The van der Waals surface area contributed by atoms with Crippen LogP contribution in [0.1, 0.15) is 46.0 Å². The predicted octanol–water partition coefficient (Wildman–Crippen LogP) is 3.58. The third kappa shape index (κ3) is 4.09. The summed E-state index contributed by atoms with van der Waals surface area (Å²) in [7, 11) is 0. The second kappa shape index (κ2) is 8.01. The highest BCUT2D eigenvalue weighted by atomic mass is 35.5. The van der Waals surface area contributed by atoms with Crippen molar-refractivity contribution in [3.05, 3.63) is 39.6 Å². The fraction of sp³-hybridized carbons (Fsp3) is 0.500. The summed E-state index contributed by atoms with van der Waals surface area (Å²) in [4.78, 5) is 14.8. The van der Waals surface area contributed by atoms with Crippen LogP contribution in [0.4, 0.5) is 5.69 Å². The molecule has 0 fully saturated rings. The van der Waals surface area contributed by atoms with Crippen LogP contribution in [0.15, 0.2) is 29.1 Å². The third-order valence-electron chi connectivity index (χ3n) is 4.59. The zero-order valence-electron chi connectivity index (χ0n) is 14.3. The van der Waals surface area contributed by atoms with E-state index in [1.807, 2.05) is 13.0 Å². The van der Waals surface area contributed by atoms with Gasteiger partial charge in [-0.25, -0.2) is 5.84 Å². The Kier molecular flexibility index (Phi) is 6.27. The number of halogens is 1. The topological polar surface area (TPSA) is 82.3 Å². The molecule has 0 amide bonds. The number of aromatic amines is 1. The Hall–Kier alpha value is -1.56. The van der Waals surface area contributed by atoms with Crippen molar-refractivity contribution in [2.24, 2.45) is 5.84 Å². The number of benzene rings is 1. The molecular weight excluding hydrogens is 326 g/mol. The lowest BCUT2D eigenvalue weighted by Gasteiger charge is -2.40. The van der Waals surface area contributed by atoms with E-state index in [4.69, 9.17) is 17.4 Å². The largest absolute Gasteiger partial charge is 0.396 e. The van der Waals surface area contributed by atoms with Gasteiger partial charge in [0.1, 0.15) is 0 Å². The van der Waals surface area contributed by atoms with Crippen LogP contribution in [0.3, 0.4) is 0 Å². The average molecular weight is 352 g/mol. The van der Waals surface area contributed by atoms with Gasteiger partial charge in [-0.3, -0.25) is 4.79 Å². The lowest BCUT2D eigenvalue weighted by atomic mass is 9.89. The van der Waals surface area contributed by atoms with Gasteiger partial charge in [-0.15, -0.1) is 0 Å². The molecular formula is C18H26ClN3O2. The van der Waals surface area contributed by atoms with Crippen molar-refractivity contribution < 1.29 is 5.11 Å². The van der Waals surface area contributed by atoms with Gasteiger partial charge in [-0.05, 0) is 38.0 Å². The van der Waals surface area contributed by atoms with E-state index in [2.05, 4.69) is 11.9 Å². The minimum atomic E-state index is -0.426. The summed E-state index contributed by atoms with van der Waals surface area (Å²) in [6, 6.07) is 6.86. The molecule has 0 bridgehead atoms. The number of H-pyrrole nitrogens is 1. The number of hydrazine groups is 1. The number of nitrogens with zero attached hydrogens (tertiary/aromatic N) is 1. The number of nitrogens with two attached hydrogens (primary N) is 1. The lowest BCUT2D eigenvalue weighted by Crippen LogP contribution is -2.52. The maximum atomic E-state index is 12.0. The quantitative estimate of drug-likeness (QED) is 0.385. The van der Waals surface area contributed by atoms with E-state index in [-0.39, 0.29) is 12.2 Å². The Morgan fingerprint density at radius 2 is 2.04 bits per heavy atom. The molecule has 0 aliphatic rings. The van der Waals surface area contributed by atoms with E-state index in [1.54, 1.807) is 17.1 Å². The number of anilines is 1. The molecule has 1 aromatic carbocycles. The highest BCUT2D eigenvalue weighted by molar-refractivity contribution is 6.31. The number of hydrogen-bond acceptors (Lipinski definition) is 4. The summed E-state index contributed by atoms with van der Waals surface area (Å²) in [6.45, 7) is 4.22. The monoisotopic (exact) mass is 351 g/mol. The van der Waals surface area contributed by atoms with Crippen LogP contribution in [-0.2, 0) is 0 Å². The van der Waals surface area contributed by atoms with Crippen LogP contribution in [0.2, 0.25) is 5.02 Å². The SMILES string of the molecule is CCCCCC(C)(CCO)N(N)c1cc(=O)[nH]c2cc(Cl)ccc12. The molecule has 24 heavy (non-hydrogen) atoms. The van der Waals surface area contributed by atoms with E-state index in [9.17, 15) is 9.90 Å². The molecule has 1 heterocycles. The van der Waals surface area contributed by atoms with Gasteiger partial charge >= 0.3 is 0 Å². The molecule has 2 rings (SSSR count). The highest BCUT2D eigenvalue weighted by Crippen LogP contribution is 2.32. The summed E-state index contributed by atoms with van der Waals surface area (Å²) < 4.78 is 0. The van der Waals surface area contributed by atoms with Crippen molar-refractivity contribution in [2.75, 3.05) is 11.6 Å². The zero-order valence-corrected chi connectivity index (χ0v) is 15.1. The Labute approximate surface area is 147 Å². The normalized spacial score (nSPS) is 13.9. The fourth-order valence-corrected chi connectivity index (χ4v) is 3.24. The number of rotatable bonds is 8. The fourth-order valence-electron chi connectivity index (χ4n) is 3.07. The first-order chi connectivity index (χ1) is 11.4. The first-order valence-corrected chi connectivity index (χ1v) is 8.77. The zero-order chi connectivity index (χ0) is 17.7. The van der Waals surface area contributed by atoms with Crippen LogP contribution in [0.5, 0.6) is 0 Å². The molecule has 0 aliphatic carbocycles. The lowest BCUT2D eigenvalue weighted by molar-refractivity contribution is 0.229. The smallest absolute Gasteiger partial charge is 0.250 e. The molecule has 1 unspecified atom stereocenters. The van der Waals surface area contributed by atoms with Crippen molar-refractivity contribution in [3.63, 3.8) is 0 Å². The minimum absolute atomic E-state index is 0.0449. The van der Waals surface area contributed by atoms with Crippen LogP contribution in [-0.4, -0.2) is 22.2 Å². The molecule has 0 radical (unpaired) electrons. The van der Waals surface area contributed by atoms with Crippen LogP contribution in [0.25, 0.3) is 10.9 Å². The summed E-state index contributed by atoms with van der Waals surface area (Å²) in [5, 5.41) is 12.5. The molecule has 2 aromatic rings. The molecule has 132 valence electrons. The molecule has 0 aliphatic heterocycles.